The van der Waals surface area contributed by atoms with Gasteiger partial charge in [0.2, 0.25) is 0 Å². The van der Waals surface area contributed by atoms with Crippen molar-refractivity contribution in [3.05, 3.63) is 28.4 Å². The molecule has 1 atom stereocenters. The van der Waals surface area contributed by atoms with Crippen LogP contribution in [0.15, 0.2) is 6.33 Å². The second-order valence-electron chi connectivity index (χ2n) is 6.97. The number of aromatic nitrogens is 5. The summed E-state index contributed by atoms with van der Waals surface area (Å²) in [5.74, 6) is 3.08. The Kier molecular flexibility index (Phi) is 3.69. The predicted molar refractivity (Wildman–Crippen MR) is 99.2 cm³/mol. The minimum absolute atomic E-state index is 0.344. The highest BCUT2D eigenvalue weighted by atomic mass is 32.1. The lowest BCUT2D eigenvalue weighted by atomic mass is 9.97. The molecule has 2 aliphatic rings. The van der Waals surface area contributed by atoms with Crippen molar-refractivity contribution >= 4 is 27.4 Å². The molecule has 7 heteroatoms. The minimum atomic E-state index is 0.344. The Labute approximate surface area is 150 Å². The zero-order valence-electron chi connectivity index (χ0n) is 14.5. The Bertz CT molecular complexity index is 927. The van der Waals surface area contributed by atoms with Gasteiger partial charge in [-0.25, -0.2) is 19.6 Å². The maximum absolute atomic E-state index is 4.62. The van der Waals surface area contributed by atoms with Gasteiger partial charge in [0.05, 0.1) is 11.9 Å². The molecular formula is C18H22N6S. The summed E-state index contributed by atoms with van der Waals surface area (Å²) < 4.78 is 2.07. The van der Waals surface area contributed by atoms with Gasteiger partial charge >= 0.3 is 0 Å². The van der Waals surface area contributed by atoms with Gasteiger partial charge in [0.25, 0.3) is 0 Å². The highest BCUT2D eigenvalue weighted by molar-refractivity contribution is 7.19. The summed E-state index contributed by atoms with van der Waals surface area (Å²) in [6, 6.07) is 0.344. The fourth-order valence-electron chi connectivity index (χ4n) is 4.02. The van der Waals surface area contributed by atoms with Crippen LogP contribution in [0.1, 0.15) is 48.3 Å². The van der Waals surface area contributed by atoms with Crippen molar-refractivity contribution in [2.75, 3.05) is 5.32 Å². The van der Waals surface area contributed by atoms with E-state index in [0.29, 0.717) is 6.04 Å². The van der Waals surface area contributed by atoms with Crippen molar-refractivity contribution < 1.29 is 0 Å². The molecule has 0 saturated carbocycles. The molecule has 1 unspecified atom stereocenters. The molecule has 0 radical (unpaired) electrons. The molecule has 25 heavy (non-hydrogen) atoms. The van der Waals surface area contributed by atoms with Crippen molar-refractivity contribution in [1.29, 1.82) is 0 Å². The Morgan fingerprint density at radius 2 is 2.16 bits per heavy atom. The molecule has 0 amide bonds. The summed E-state index contributed by atoms with van der Waals surface area (Å²) in [5, 5.41) is 9.58. The highest BCUT2D eigenvalue weighted by Gasteiger charge is 2.24. The first-order chi connectivity index (χ1) is 12.3. The summed E-state index contributed by atoms with van der Waals surface area (Å²) in [4.78, 5) is 16.4. The summed E-state index contributed by atoms with van der Waals surface area (Å²) >= 11 is 1.85. The lowest BCUT2D eigenvalue weighted by Gasteiger charge is -2.24. The van der Waals surface area contributed by atoms with E-state index in [1.807, 2.05) is 11.3 Å². The third-order valence-electron chi connectivity index (χ3n) is 5.31. The van der Waals surface area contributed by atoms with E-state index in [1.54, 1.807) is 6.33 Å². The van der Waals surface area contributed by atoms with E-state index in [0.717, 1.165) is 54.5 Å². The van der Waals surface area contributed by atoms with Gasteiger partial charge in [0.15, 0.2) is 5.82 Å². The van der Waals surface area contributed by atoms with E-state index < -0.39 is 0 Å². The molecule has 0 spiro atoms. The SMILES string of the molecule is CCc1nc2n(n1)CC(Nc1ncnc3sc4c(c13)CCCC4)CC2. The number of rotatable bonds is 3. The van der Waals surface area contributed by atoms with Crippen LogP contribution >= 0.6 is 11.3 Å². The number of aryl methyl sites for hydroxylation is 4. The molecule has 6 nitrogen and oxygen atoms in total. The monoisotopic (exact) mass is 354 g/mol. The zero-order valence-corrected chi connectivity index (χ0v) is 15.3. The minimum Gasteiger partial charge on any atom is -0.365 e. The van der Waals surface area contributed by atoms with Gasteiger partial charge in [0, 0.05) is 23.8 Å². The van der Waals surface area contributed by atoms with E-state index >= 15 is 0 Å². The number of hydrogen-bond donors (Lipinski definition) is 1. The Morgan fingerprint density at radius 1 is 1.24 bits per heavy atom. The summed E-state index contributed by atoms with van der Waals surface area (Å²) in [6.45, 7) is 2.97. The molecule has 0 saturated heterocycles. The first kappa shape index (κ1) is 15.3. The number of thiophene rings is 1. The molecule has 5 rings (SSSR count). The highest BCUT2D eigenvalue weighted by Crippen LogP contribution is 2.38. The number of nitrogens with zero attached hydrogens (tertiary/aromatic N) is 5. The molecule has 0 aromatic carbocycles. The molecular weight excluding hydrogens is 332 g/mol. The Morgan fingerprint density at radius 3 is 3.08 bits per heavy atom. The molecule has 3 aromatic rings. The van der Waals surface area contributed by atoms with Crippen LogP contribution in [0.25, 0.3) is 10.2 Å². The van der Waals surface area contributed by atoms with Gasteiger partial charge in [-0.15, -0.1) is 11.3 Å². The standard InChI is InChI=1S/C18H22N6S/c1-2-14-22-15-8-7-11(9-24(15)23-14)21-17-16-12-5-3-4-6-13(12)25-18(16)20-10-19-17/h10-11H,2-9H2,1H3,(H,19,20,21). The molecule has 4 heterocycles. The third-order valence-corrected chi connectivity index (χ3v) is 6.51. The van der Waals surface area contributed by atoms with Gasteiger partial charge in [-0.05, 0) is 37.7 Å². The van der Waals surface area contributed by atoms with Crippen molar-refractivity contribution in [3.8, 4) is 0 Å². The van der Waals surface area contributed by atoms with Crippen LogP contribution < -0.4 is 5.32 Å². The third kappa shape index (κ3) is 2.61. The van der Waals surface area contributed by atoms with Crippen LogP contribution in [0.4, 0.5) is 5.82 Å². The first-order valence-corrected chi connectivity index (χ1v) is 10.1. The van der Waals surface area contributed by atoms with E-state index in [4.69, 9.17) is 0 Å². The molecule has 1 aliphatic carbocycles. The summed E-state index contributed by atoms with van der Waals surface area (Å²) in [7, 11) is 0. The largest absolute Gasteiger partial charge is 0.365 e. The maximum Gasteiger partial charge on any atom is 0.150 e. The topological polar surface area (TPSA) is 68.5 Å². The lowest BCUT2D eigenvalue weighted by molar-refractivity contribution is 0.440. The lowest BCUT2D eigenvalue weighted by Crippen LogP contribution is -2.32. The average Bonchev–Trinajstić information content (AvgIpc) is 3.22. The van der Waals surface area contributed by atoms with Crippen molar-refractivity contribution in [2.45, 2.75) is 64.5 Å². The number of hydrogen-bond acceptors (Lipinski definition) is 6. The summed E-state index contributed by atoms with van der Waals surface area (Å²) in [6.07, 6.45) is 9.57. The van der Waals surface area contributed by atoms with Crippen molar-refractivity contribution in [1.82, 2.24) is 24.7 Å². The van der Waals surface area contributed by atoms with Gasteiger partial charge in [0.1, 0.15) is 22.8 Å². The van der Waals surface area contributed by atoms with Gasteiger partial charge in [-0.2, -0.15) is 5.10 Å². The van der Waals surface area contributed by atoms with Gasteiger partial charge in [-0.1, -0.05) is 6.92 Å². The van der Waals surface area contributed by atoms with Crippen molar-refractivity contribution in [3.63, 3.8) is 0 Å². The number of nitrogens with one attached hydrogen (secondary N) is 1. The Hall–Kier alpha value is -2.02. The fraction of sp³-hybridized carbons (Fsp3) is 0.556. The quantitative estimate of drug-likeness (QED) is 0.782. The van der Waals surface area contributed by atoms with E-state index in [-0.39, 0.29) is 0 Å². The van der Waals surface area contributed by atoms with E-state index in [9.17, 15) is 0 Å². The predicted octanol–water partition coefficient (Wildman–Crippen LogP) is 3.15. The van der Waals surface area contributed by atoms with E-state index in [1.165, 1.54) is 35.1 Å². The second-order valence-corrected chi connectivity index (χ2v) is 8.06. The first-order valence-electron chi connectivity index (χ1n) is 9.26. The second kappa shape index (κ2) is 6.05. The van der Waals surface area contributed by atoms with Crippen LogP contribution in [-0.2, 0) is 32.2 Å². The fourth-order valence-corrected chi connectivity index (χ4v) is 5.25. The molecule has 0 fully saturated rings. The Balaban J connectivity index is 1.45. The normalized spacial score (nSPS) is 19.6. The van der Waals surface area contributed by atoms with Gasteiger partial charge in [-0.3, -0.25) is 0 Å². The molecule has 130 valence electrons. The van der Waals surface area contributed by atoms with E-state index in [2.05, 4.69) is 37.0 Å². The molecule has 3 aromatic heterocycles. The summed E-state index contributed by atoms with van der Waals surface area (Å²) in [5.41, 5.74) is 1.49. The smallest absolute Gasteiger partial charge is 0.150 e. The van der Waals surface area contributed by atoms with Crippen LogP contribution in [-0.4, -0.2) is 30.8 Å². The number of anilines is 1. The molecule has 1 aliphatic heterocycles. The van der Waals surface area contributed by atoms with Crippen LogP contribution in [0, 0.1) is 0 Å². The van der Waals surface area contributed by atoms with Gasteiger partial charge < -0.3 is 5.32 Å². The number of fused-ring (bicyclic) bond motifs is 4. The molecule has 1 N–H and O–H groups in total. The van der Waals surface area contributed by atoms with Crippen molar-refractivity contribution in [2.24, 2.45) is 0 Å². The van der Waals surface area contributed by atoms with Crippen LogP contribution in [0.5, 0.6) is 0 Å². The average molecular weight is 354 g/mol. The van der Waals surface area contributed by atoms with Crippen LogP contribution in [0.3, 0.4) is 0 Å². The van der Waals surface area contributed by atoms with Crippen LogP contribution in [0.2, 0.25) is 0 Å². The molecule has 0 bridgehead atoms. The zero-order chi connectivity index (χ0) is 16.8. The maximum atomic E-state index is 4.62.